The number of aromatic nitrogens is 2. The minimum absolute atomic E-state index is 0.0109. The van der Waals surface area contributed by atoms with Crippen molar-refractivity contribution in [2.24, 2.45) is 17.9 Å². The summed E-state index contributed by atoms with van der Waals surface area (Å²) in [6, 6.07) is 4.07. The Labute approximate surface area is 115 Å². The molecule has 0 saturated heterocycles. The molecule has 0 radical (unpaired) electrons. The molecule has 0 unspecified atom stereocenters. The van der Waals surface area contributed by atoms with Crippen molar-refractivity contribution in [3.8, 4) is 5.88 Å². The van der Waals surface area contributed by atoms with E-state index in [9.17, 15) is 0 Å². The summed E-state index contributed by atoms with van der Waals surface area (Å²) in [5, 5.41) is 18.1. The predicted octanol–water partition coefficient (Wildman–Crippen LogP) is 1.51. The second-order valence-corrected chi connectivity index (χ2v) is 5.08. The molecule has 0 fully saturated rings. The van der Waals surface area contributed by atoms with Crippen LogP contribution in [-0.2, 0) is 13.5 Å². The number of nitrogens with zero attached hydrogens (tertiary/aromatic N) is 3. The van der Waals surface area contributed by atoms with Crippen molar-refractivity contribution in [1.29, 1.82) is 0 Å². The standard InChI is InChI=1S/C12H16N4O2S/c1-8-10(11(13)15-17)12(16(2)14-8)18-6-5-9-4-3-7-19-9/h3-4,7,17H,5-6H2,1-2H3,(H2,13,15). The van der Waals surface area contributed by atoms with Gasteiger partial charge in [0.1, 0.15) is 5.56 Å². The fourth-order valence-electron chi connectivity index (χ4n) is 1.85. The Morgan fingerprint density at radius 3 is 3.05 bits per heavy atom. The van der Waals surface area contributed by atoms with Crippen molar-refractivity contribution in [1.82, 2.24) is 9.78 Å². The summed E-state index contributed by atoms with van der Waals surface area (Å²) in [5.41, 5.74) is 6.85. The Morgan fingerprint density at radius 2 is 2.42 bits per heavy atom. The monoisotopic (exact) mass is 280 g/mol. The summed E-state index contributed by atoms with van der Waals surface area (Å²) in [7, 11) is 1.77. The topological polar surface area (TPSA) is 85.7 Å². The third kappa shape index (κ3) is 2.87. The normalized spacial score (nSPS) is 11.8. The van der Waals surface area contributed by atoms with E-state index in [1.165, 1.54) is 4.88 Å². The van der Waals surface area contributed by atoms with Gasteiger partial charge in [0.15, 0.2) is 5.84 Å². The van der Waals surface area contributed by atoms with Gasteiger partial charge in [-0.2, -0.15) is 5.10 Å². The van der Waals surface area contributed by atoms with Gasteiger partial charge in [0.2, 0.25) is 5.88 Å². The number of thiophene rings is 1. The number of aryl methyl sites for hydroxylation is 2. The summed E-state index contributed by atoms with van der Waals surface area (Å²) in [4.78, 5) is 1.25. The predicted molar refractivity (Wildman–Crippen MR) is 74.0 cm³/mol. The van der Waals surface area contributed by atoms with Crippen LogP contribution in [-0.4, -0.2) is 27.4 Å². The van der Waals surface area contributed by atoms with E-state index in [0.29, 0.717) is 23.7 Å². The lowest BCUT2D eigenvalue weighted by molar-refractivity contribution is 0.293. The first-order valence-corrected chi connectivity index (χ1v) is 6.68. The number of ether oxygens (including phenoxy) is 1. The molecule has 7 heteroatoms. The highest BCUT2D eigenvalue weighted by atomic mass is 32.1. The first kappa shape index (κ1) is 13.4. The second-order valence-electron chi connectivity index (χ2n) is 4.05. The van der Waals surface area contributed by atoms with Crippen LogP contribution in [0.2, 0.25) is 0 Å². The third-order valence-corrected chi connectivity index (χ3v) is 3.64. The lowest BCUT2D eigenvalue weighted by Crippen LogP contribution is -2.16. The Bertz CT molecular complexity index is 575. The quantitative estimate of drug-likeness (QED) is 0.376. The lowest BCUT2D eigenvalue weighted by atomic mass is 10.2. The molecule has 2 aromatic rings. The molecule has 0 aliphatic rings. The average molecular weight is 280 g/mol. The van der Waals surface area contributed by atoms with Crippen LogP contribution in [0, 0.1) is 6.92 Å². The largest absolute Gasteiger partial charge is 0.477 e. The van der Waals surface area contributed by atoms with E-state index in [2.05, 4.69) is 16.3 Å². The first-order chi connectivity index (χ1) is 9.13. The maximum atomic E-state index is 8.79. The molecule has 0 aromatic carbocycles. The molecule has 2 aromatic heterocycles. The van der Waals surface area contributed by atoms with E-state index in [4.69, 9.17) is 15.7 Å². The van der Waals surface area contributed by atoms with Gasteiger partial charge in [-0.25, -0.2) is 4.68 Å². The maximum Gasteiger partial charge on any atom is 0.223 e. The summed E-state index contributed by atoms with van der Waals surface area (Å²) in [6.07, 6.45) is 0.817. The number of nitrogens with two attached hydrogens (primary N) is 1. The summed E-state index contributed by atoms with van der Waals surface area (Å²) in [5.74, 6) is 0.529. The molecule has 102 valence electrons. The first-order valence-electron chi connectivity index (χ1n) is 5.80. The van der Waals surface area contributed by atoms with Crippen LogP contribution < -0.4 is 10.5 Å². The van der Waals surface area contributed by atoms with E-state index in [-0.39, 0.29) is 5.84 Å². The highest BCUT2D eigenvalue weighted by Crippen LogP contribution is 2.21. The molecular formula is C12H16N4O2S. The summed E-state index contributed by atoms with van der Waals surface area (Å²) < 4.78 is 7.31. The minimum Gasteiger partial charge on any atom is -0.477 e. The van der Waals surface area contributed by atoms with E-state index in [1.54, 1.807) is 30.0 Å². The lowest BCUT2D eigenvalue weighted by Gasteiger charge is -2.07. The number of rotatable bonds is 5. The molecular weight excluding hydrogens is 264 g/mol. The van der Waals surface area contributed by atoms with Crippen molar-refractivity contribution in [2.45, 2.75) is 13.3 Å². The van der Waals surface area contributed by atoms with E-state index < -0.39 is 0 Å². The molecule has 6 nitrogen and oxygen atoms in total. The Hall–Kier alpha value is -2.02. The molecule has 0 atom stereocenters. The van der Waals surface area contributed by atoms with Gasteiger partial charge in [-0.15, -0.1) is 11.3 Å². The zero-order valence-corrected chi connectivity index (χ0v) is 11.6. The smallest absolute Gasteiger partial charge is 0.223 e. The van der Waals surface area contributed by atoms with Crippen LogP contribution >= 0.6 is 11.3 Å². The highest BCUT2D eigenvalue weighted by molar-refractivity contribution is 7.09. The summed E-state index contributed by atoms with van der Waals surface area (Å²) >= 11 is 1.69. The van der Waals surface area contributed by atoms with Gasteiger partial charge in [-0.3, -0.25) is 0 Å². The number of amidine groups is 1. The van der Waals surface area contributed by atoms with E-state index in [0.717, 1.165) is 6.42 Å². The number of hydrogen-bond donors (Lipinski definition) is 2. The van der Waals surface area contributed by atoms with Crippen molar-refractivity contribution in [3.63, 3.8) is 0 Å². The van der Waals surface area contributed by atoms with Crippen molar-refractivity contribution >= 4 is 17.2 Å². The van der Waals surface area contributed by atoms with Gasteiger partial charge in [-0.1, -0.05) is 11.2 Å². The Balaban J connectivity index is 2.11. The summed E-state index contributed by atoms with van der Waals surface area (Å²) in [6.45, 7) is 2.31. The fraction of sp³-hybridized carbons (Fsp3) is 0.333. The molecule has 2 heterocycles. The Morgan fingerprint density at radius 1 is 1.63 bits per heavy atom. The van der Waals surface area contributed by atoms with Gasteiger partial charge in [-0.05, 0) is 18.4 Å². The van der Waals surface area contributed by atoms with Crippen molar-refractivity contribution in [2.75, 3.05) is 6.61 Å². The number of hydrogen-bond acceptors (Lipinski definition) is 5. The number of oxime groups is 1. The van der Waals surface area contributed by atoms with Gasteiger partial charge in [0.05, 0.1) is 12.3 Å². The van der Waals surface area contributed by atoms with Crippen LogP contribution in [0.5, 0.6) is 5.88 Å². The van der Waals surface area contributed by atoms with E-state index in [1.807, 2.05) is 11.4 Å². The molecule has 0 amide bonds. The van der Waals surface area contributed by atoms with Gasteiger partial charge in [0, 0.05) is 18.3 Å². The molecule has 0 aliphatic heterocycles. The second kappa shape index (κ2) is 5.75. The average Bonchev–Trinajstić information content (AvgIpc) is 2.98. The molecule has 0 aliphatic carbocycles. The molecule has 3 N–H and O–H groups in total. The van der Waals surface area contributed by atoms with Gasteiger partial charge >= 0.3 is 0 Å². The zero-order valence-electron chi connectivity index (χ0n) is 10.8. The van der Waals surface area contributed by atoms with Crippen LogP contribution in [0.3, 0.4) is 0 Å². The minimum atomic E-state index is 0.0109. The van der Waals surface area contributed by atoms with Crippen molar-refractivity contribution in [3.05, 3.63) is 33.6 Å². The van der Waals surface area contributed by atoms with Crippen LogP contribution in [0.4, 0.5) is 0 Å². The molecule has 19 heavy (non-hydrogen) atoms. The van der Waals surface area contributed by atoms with Crippen LogP contribution in [0.1, 0.15) is 16.1 Å². The third-order valence-electron chi connectivity index (χ3n) is 2.70. The maximum absolute atomic E-state index is 8.79. The SMILES string of the molecule is Cc1nn(C)c(OCCc2cccs2)c1C(N)=NO. The van der Waals surface area contributed by atoms with Gasteiger partial charge in [0.25, 0.3) is 0 Å². The molecule has 2 rings (SSSR count). The Kier molecular flexibility index (Phi) is 4.06. The van der Waals surface area contributed by atoms with Crippen LogP contribution in [0.15, 0.2) is 22.7 Å². The highest BCUT2D eigenvalue weighted by Gasteiger charge is 2.18. The fourth-order valence-corrected chi connectivity index (χ4v) is 2.54. The molecule has 0 bridgehead atoms. The molecule has 0 saturated carbocycles. The molecule has 0 spiro atoms. The van der Waals surface area contributed by atoms with Crippen LogP contribution in [0.25, 0.3) is 0 Å². The van der Waals surface area contributed by atoms with E-state index >= 15 is 0 Å². The van der Waals surface area contributed by atoms with Crippen molar-refractivity contribution < 1.29 is 9.94 Å². The van der Waals surface area contributed by atoms with Gasteiger partial charge < -0.3 is 15.7 Å². The zero-order chi connectivity index (χ0) is 13.8.